The molecule has 0 aromatic rings. The summed E-state index contributed by atoms with van der Waals surface area (Å²) < 4.78 is 0. The number of hydrogen-bond donors (Lipinski definition) is 3. The third kappa shape index (κ3) is 3.34. The van der Waals surface area contributed by atoms with E-state index in [1.54, 1.807) is 13.8 Å². The number of carbonyl (C=O) groups excluding carboxylic acids is 1. The van der Waals surface area contributed by atoms with E-state index in [2.05, 4.69) is 11.9 Å². The fourth-order valence-electron chi connectivity index (χ4n) is 1.40. The number of nitrogens with one attached hydrogen (secondary N) is 1. The number of carbonyl (C=O) groups is 2. The van der Waals surface area contributed by atoms with E-state index in [9.17, 15) is 9.59 Å². The summed E-state index contributed by atoms with van der Waals surface area (Å²) in [7, 11) is 0. The molecule has 0 spiro atoms. The van der Waals surface area contributed by atoms with Gasteiger partial charge in [0.2, 0.25) is 5.91 Å². The minimum atomic E-state index is -1.21. The van der Waals surface area contributed by atoms with Gasteiger partial charge < -0.3 is 16.2 Å². The van der Waals surface area contributed by atoms with Gasteiger partial charge in [-0.2, -0.15) is 0 Å². The maximum absolute atomic E-state index is 11.6. The summed E-state index contributed by atoms with van der Waals surface area (Å²) in [5.41, 5.74) is 4.36. The molecule has 1 atom stereocenters. The van der Waals surface area contributed by atoms with E-state index >= 15 is 0 Å². The maximum Gasteiger partial charge on any atom is 0.329 e. The molecule has 5 heteroatoms. The van der Waals surface area contributed by atoms with E-state index in [0.29, 0.717) is 19.3 Å². The Labute approximate surface area is 95.7 Å². The van der Waals surface area contributed by atoms with Crippen LogP contribution in [0.1, 0.15) is 33.1 Å². The predicted molar refractivity (Wildman–Crippen MR) is 61.9 cm³/mol. The van der Waals surface area contributed by atoms with Crippen LogP contribution in [0.3, 0.4) is 0 Å². The molecule has 0 rings (SSSR count). The summed E-state index contributed by atoms with van der Waals surface area (Å²) in [6, 6.07) is -0.741. The van der Waals surface area contributed by atoms with E-state index in [1.807, 2.05) is 0 Å². The molecule has 0 aliphatic rings. The van der Waals surface area contributed by atoms with Crippen LogP contribution < -0.4 is 11.1 Å². The van der Waals surface area contributed by atoms with Gasteiger partial charge in [-0.1, -0.05) is 19.9 Å². The zero-order valence-corrected chi connectivity index (χ0v) is 9.82. The largest absolute Gasteiger partial charge is 0.480 e. The van der Waals surface area contributed by atoms with Gasteiger partial charge in [0.1, 0.15) is 5.54 Å². The highest BCUT2D eigenvalue weighted by molar-refractivity contribution is 5.89. The topological polar surface area (TPSA) is 92.4 Å². The molecule has 0 aliphatic heterocycles. The first-order chi connectivity index (χ1) is 7.43. The molecule has 0 saturated heterocycles. The van der Waals surface area contributed by atoms with Crippen molar-refractivity contribution < 1.29 is 14.7 Å². The van der Waals surface area contributed by atoms with Gasteiger partial charge in [-0.05, 0) is 19.3 Å². The summed E-state index contributed by atoms with van der Waals surface area (Å²) in [5, 5.41) is 11.6. The van der Waals surface area contributed by atoms with E-state index < -0.39 is 23.5 Å². The Morgan fingerprint density at radius 3 is 2.31 bits per heavy atom. The van der Waals surface area contributed by atoms with Gasteiger partial charge in [0.15, 0.2) is 0 Å². The second kappa shape index (κ2) is 6.27. The molecule has 0 radical (unpaired) electrons. The minimum Gasteiger partial charge on any atom is -0.480 e. The van der Waals surface area contributed by atoms with Crippen molar-refractivity contribution >= 4 is 11.9 Å². The van der Waals surface area contributed by atoms with E-state index in [0.717, 1.165) is 0 Å². The Bertz CT molecular complexity index is 272. The van der Waals surface area contributed by atoms with Gasteiger partial charge in [0.05, 0.1) is 6.04 Å². The van der Waals surface area contributed by atoms with Gasteiger partial charge in [0, 0.05) is 0 Å². The average molecular weight is 228 g/mol. The molecule has 16 heavy (non-hydrogen) atoms. The first-order valence-electron chi connectivity index (χ1n) is 5.35. The summed E-state index contributed by atoms with van der Waals surface area (Å²) >= 11 is 0. The van der Waals surface area contributed by atoms with E-state index in [-0.39, 0.29) is 0 Å². The SMILES string of the molecule is C=CCC(N)C(=O)NC(CC)(CC)C(=O)O. The zero-order chi connectivity index (χ0) is 12.8. The van der Waals surface area contributed by atoms with Gasteiger partial charge in [0.25, 0.3) is 0 Å². The smallest absolute Gasteiger partial charge is 0.329 e. The Hall–Kier alpha value is -1.36. The molecular weight excluding hydrogens is 208 g/mol. The van der Waals surface area contributed by atoms with Crippen LogP contribution in [-0.4, -0.2) is 28.6 Å². The second-order valence-corrected chi connectivity index (χ2v) is 3.71. The first kappa shape index (κ1) is 14.6. The fraction of sp³-hybridized carbons (Fsp3) is 0.636. The number of carboxylic acids is 1. The van der Waals surface area contributed by atoms with Crippen molar-refractivity contribution in [3.63, 3.8) is 0 Å². The molecule has 92 valence electrons. The van der Waals surface area contributed by atoms with Crippen molar-refractivity contribution in [1.82, 2.24) is 5.32 Å². The monoisotopic (exact) mass is 228 g/mol. The highest BCUT2D eigenvalue weighted by atomic mass is 16.4. The third-order valence-corrected chi connectivity index (χ3v) is 2.74. The number of rotatable bonds is 7. The van der Waals surface area contributed by atoms with Crippen LogP contribution in [0.4, 0.5) is 0 Å². The Balaban J connectivity index is 4.70. The lowest BCUT2D eigenvalue weighted by Gasteiger charge is -2.29. The molecule has 0 aromatic heterocycles. The van der Waals surface area contributed by atoms with E-state index in [4.69, 9.17) is 10.8 Å². The summed E-state index contributed by atoms with van der Waals surface area (Å²) in [5.74, 6) is -1.48. The average Bonchev–Trinajstić information content (AvgIpc) is 2.25. The van der Waals surface area contributed by atoms with Crippen LogP contribution in [-0.2, 0) is 9.59 Å². The van der Waals surface area contributed by atoms with Crippen LogP contribution in [0.15, 0.2) is 12.7 Å². The van der Waals surface area contributed by atoms with Gasteiger partial charge in [-0.25, -0.2) is 4.79 Å². The lowest BCUT2D eigenvalue weighted by atomic mass is 9.92. The lowest BCUT2D eigenvalue weighted by molar-refractivity contribution is -0.148. The summed E-state index contributed by atoms with van der Waals surface area (Å²) in [6.07, 6.45) is 2.51. The predicted octanol–water partition coefficient (Wildman–Crippen LogP) is 0.649. The molecule has 0 heterocycles. The summed E-state index contributed by atoms with van der Waals surface area (Å²) in [4.78, 5) is 22.7. The Kier molecular flexibility index (Phi) is 5.74. The molecule has 5 nitrogen and oxygen atoms in total. The van der Waals surface area contributed by atoms with Crippen molar-refractivity contribution in [2.24, 2.45) is 5.73 Å². The van der Waals surface area contributed by atoms with Crippen LogP contribution in [0.5, 0.6) is 0 Å². The standard InChI is InChI=1S/C11H20N2O3/c1-4-7-8(12)9(14)13-11(5-2,6-3)10(15)16/h4,8H,1,5-7,12H2,2-3H3,(H,13,14)(H,15,16). The van der Waals surface area contributed by atoms with Crippen LogP contribution in [0.2, 0.25) is 0 Å². The minimum absolute atomic E-state index is 0.325. The second-order valence-electron chi connectivity index (χ2n) is 3.71. The highest BCUT2D eigenvalue weighted by Crippen LogP contribution is 2.15. The van der Waals surface area contributed by atoms with Gasteiger partial charge in [-0.3, -0.25) is 4.79 Å². The Morgan fingerprint density at radius 2 is 2.00 bits per heavy atom. The van der Waals surface area contributed by atoms with E-state index in [1.165, 1.54) is 6.08 Å². The van der Waals surface area contributed by atoms with Crippen LogP contribution in [0, 0.1) is 0 Å². The Morgan fingerprint density at radius 1 is 1.50 bits per heavy atom. The molecule has 0 aromatic carbocycles. The fourth-order valence-corrected chi connectivity index (χ4v) is 1.40. The maximum atomic E-state index is 11.6. The highest BCUT2D eigenvalue weighted by Gasteiger charge is 2.37. The number of amides is 1. The third-order valence-electron chi connectivity index (χ3n) is 2.74. The molecular formula is C11H20N2O3. The van der Waals surface area contributed by atoms with Gasteiger partial charge in [-0.15, -0.1) is 6.58 Å². The molecule has 0 bridgehead atoms. The van der Waals surface area contributed by atoms with Gasteiger partial charge >= 0.3 is 5.97 Å². The van der Waals surface area contributed by atoms with Crippen LogP contribution in [0.25, 0.3) is 0 Å². The number of hydrogen-bond acceptors (Lipinski definition) is 3. The molecule has 0 saturated carbocycles. The zero-order valence-electron chi connectivity index (χ0n) is 9.82. The molecule has 4 N–H and O–H groups in total. The normalized spacial score (nSPS) is 12.9. The number of nitrogens with two attached hydrogens (primary N) is 1. The number of aliphatic carboxylic acids is 1. The van der Waals surface area contributed by atoms with Crippen molar-refractivity contribution in [3.8, 4) is 0 Å². The lowest BCUT2D eigenvalue weighted by Crippen LogP contribution is -2.57. The molecule has 1 unspecified atom stereocenters. The van der Waals surface area contributed by atoms with Crippen molar-refractivity contribution in [1.29, 1.82) is 0 Å². The van der Waals surface area contributed by atoms with Crippen molar-refractivity contribution in [2.45, 2.75) is 44.7 Å². The summed E-state index contributed by atoms with van der Waals surface area (Å²) in [6.45, 7) is 6.92. The van der Waals surface area contributed by atoms with Crippen molar-refractivity contribution in [2.75, 3.05) is 0 Å². The first-order valence-corrected chi connectivity index (χ1v) is 5.35. The quantitative estimate of drug-likeness (QED) is 0.558. The van der Waals surface area contributed by atoms with Crippen LogP contribution >= 0.6 is 0 Å². The molecule has 0 fully saturated rings. The molecule has 0 aliphatic carbocycles. The number of carboxylic acid groups (broad SMARTS) is 1. The van der Waals surface area contributed by atoms with Crippen molar-refractivity contribution in [3.05, 3.63) is 12.7 Å². The molecule has 1 amide bonds.